The van der Waals surface area contributed by atoms with E-state index in [0.717, 1.165) is 16.0 Å². The molecule has 2 aromatic carbocycles. The van der Waals surface area contributed by atoms with Crippen LogP contribution in [-0.4, -0.2) is 26.4 Å². The molecule has 1 amide bonds. The molecule has 5 nitrogen and oxygen atoms in total. The topological polar surface area (TPSA) is 55.2 Å². The Balaban J connectivity index is 1.60. The highest BCUT2D eigenvalue weighted by atomic mass is 32.1. The van der Waals surface area contributed by atoms with Gasteiger partial charge >= 0.3 is 0 Å². The number of nitrogens with zero attached hydrogens (tertiary/aromatic N) is 3. The fourth-order valence-electron chi connectivity index (χ4n) is 3.39. The highest BCUT2D eigenvalue weighted by Crippen LogP contribution is 2.30. The third-order valence-electron chi connectivity index (χ3n) is 5.02. The quantitative estimate of drug-likeness (QED) is 0.462. The minimum absolute atomic E-state index is 0.0240. The average Bonchev–Trinajstić information content (AvgIpc) is 3.20. The maximum Gasteiger partial charge on any atom is 0.262 e. The molecule has 0 fully saturated rings. The molecule has 0 aliphatic rings. The van der Waals surface area contributed by atoms with E-state index in [4.69, 9.17) is 0 Å². The average molecular weight is 418 g/mol. The molecule has 0 unspecified atom stereocenters. The smallest absolute Gasteiger partial charge is 0.262 e. The first-order valence-corrected chi connectivity index (χ1v) is 10.7. The van der Waals surface area contributed by atoms with Crippen molar-refractivity contribution in [3.05, 3.63) is 89.0 Å². The third-order valence-corrected chi connectivity index (χ3v) is 6.11. The molecule has 2 heterocycles. The van der Waals surface area contributed by atoms with Crippen molar-refractivity contribution in [3.63, 3.8) is 0 Å². The van der Waals surface area contributed by atoms with Gasteiger partial charge in [-0.1, -0.05) is 60.7 Å². The molecule has 0 saturated carbocycles. The molecule has 0 bridgehead atoms. The van der Waals surface area contributed by atoms with Gasteiger partial charge in [-0.15, -0.1) is 11.3 Å². The van der Waals surface area contributed by atoms with Gasteiger partial charge in [0.15, 0.2) is 0 Å². The summed E-state index contributed by atoms with van der Waals surface area (Å²) in [5.74, 6) is -0.101. The zero-order valence-corrected chi connectivity index (χ0v) is 17.8. The number of carbonyl (C=O) groups is 1. The Morgan fingerprint density at radius 1 is 1.07 bits per heavy atom. The molecule has 0 N–H and O–H groups in total. The summed E-state index contributed by atoms with van der Waals surface area (Å²) in [6.07, 6.45) is 1.48. The number of rotatable bonds is 6. The first-order chi connectivity index (χ1) is 14.5. The first kappa shape index (κ1) is 20.0. The lowest BCUT2D eigenvalue weighted by molar-refractivity contribution is -0.134. The Bertz CT molecular complexity index is 1210. The van der Waals surface area contributed by atoms with Crippen molar-refractivity contribution < 1.29 is 4.79 Å². The van der Waals surface area contributed by atoms with Gasteiger partial charge in [-0.2, -0.15) is 0 Å². The van der Waals surface area contributed by atoms with E-state index in [2.05, 4.69) is 4.98 Å². The molecule has 0 aliphatic heterocycles. The molecule has 6 heteroatoms. The number of fused-ring (bicyclic) bond motifs is 1. The van der Waals surface area contributed by atoms with E-state index in [1.165, 1.54) is 22.2 Å². The van der Waals surface area contributed by atoms with Gasteiger partial charge in [0.25, 0.3) is 5.56 Å². The van der Waals surface area contributed by atoms with Gasteiger partial charge in [0.2, 0.25) is 5.91 Å². The molecule has 0 atom stereocenters. The number of thiophene rings is 1. The van der Waals surface area contributed by atoms with Crippen LogP contribution in [0.25, 0.3) is 20.7 Å². The highest BCUT2D eigenvalue weighted by Gasteiger charge is 2.19. The van der Waals surface area contributed by atoms with E-state index in [-0.39, 0.29) is 24.1 Å². The lowest BCUT2D eigenvalue weighted by Crippen LogP contribution is -2.40. The van der Waals surface area contributed by atoms with Crippen LogP contribution in [0.5, 0.6) is 0 Å². The Kier molecular flexibility index (Phi) is 5.77. The van der Waals surface area contributed by atoms with Crippen LogP contribution < -0.4 is 5.56 Å². The fourth-order valence-corrected chi connectivity index (χ4v) is 4.39. The summed E-state index contributed by atoms with van der Waals surface area (Å²) in [6, 6.07) is 21.7. The second kappa shape index (κ2) is 8.63. The molecule has 2 aromatic heterocycles. The number of aromatic nitrogens is 2. The number of hydrogen-bond donors (Lipinski definition) is 0. The van der Waals surface area contributed by atoms with Crippen molar-refractivity contribution in [1.29, 1.82) is 0 Å². The molecule has 152 valence electrons. The number of hydrogen-bond acceptors (Lipinski definition) is 4. The van der Waals surface area contributed by atoms with Gasteiger partial charge in [-0.3, -0.25) is 14.2 Å². The summed E-state index contributed by atoms with van der Waals surface area (Å²) in [7, 11) is 0. The van der Waals surface area contributed by atoms with E-state index < -0.39 is 0 Å². The summed E-state index contributed by atoms with van der Waals surface area (Å²) in [5, 5.41) is 0.549. The Hall–Kier alpha value is -3.25. The highest BCUT2D eigenvalue weighted by molar-refractivity contribution is 7.21. The fraction of sp³-hybridized carbons (Fsp3) is 0.208. The Labute approximate surface area is 179 Å². The normalized spacial score (nSPS) is 11.2. The second-order valence-corrected chi connectivity index (χ2v) is 8.50. The zero-order valence-electron chi connectivity index (χ0n) is 17.0. The van der Waals surface area contributed by atoms with Crippen LogP contribution in [0.3, 0.4) is 0 Å². The van der Waals surface area contributed by atoms with Crippen molar-refractivity contribution in [1.82, 2.24) is 14.5 Å². The SMILES string of the molecule is CC(C)N(Cc1ccccc1)C(=O)Cn1cnc2sc(-c3ccccc3)cc2c1=O. The van der Waals surface area contributed by atoms with E-state index in [0.29, 0.717) is 16.8 Å². The second-order valence-electron chi connectivity index (χ2n) is 7.47. The van der Waals surface area contributed by atoms with Crippen molar-refractivity contribution >= 4 is 27.5 Å². The maximum atomic E-state index is 13.0. The van der Waals surface area contributed by atoms with E-state index in [1.54, 1.807) is 4.90 Å². The van der Waals surface area contributed by atoms with E-state index in [1.807, 2.05) is 80.6 Å². The Morgan fingerprint density at radius 3 is 2.40 bits per heavy atom. The lowest BCUT2D eigenvalue weighted by Gasteiger charge is -2.27. The number of benzene rings is 2. The predicted molar refractivity (Wildman–Crippen MR) is 121 cm³/mol. The predicted octanol–water partition coefficient (Wildman–Crippen LogP) is 4.56. The summed E-state index contributed by atoms with van der Waals surface area (Å²) >= 11 is 1.49. The van der Waals surface area contributed by atoms with Crippen LogP contribution >= 0.6 is 11.3 Å². The van der Waals surface area contributed by atoms with Gasteiger partial charge in [0.1, 0.15) is 11.4 Å². The van der Waals surface area contributed by atoms with Crippen LogP contribution in [-0.2, 0) is 17.9 Å². The van der Waals surface area contributed by atoms with Crippen molar-refractivity contribution in [2.24, 2.45) is 0 Å². The molecule has 0 spiro atoms. The van der Waals surface area contributed by atoms with Crippen LogP contribution in [0.15, 0.2) is 77.9 Å². The molecule has 0 saturated heterocycles. The Morgan fingerprint density at radius 2 is 1.73 bits per heavy atom. The van der Waals surface area contributed by atoms with Gasteiger partial charge < -0.3 is 4.90 Å². The number of carbonyl (C=O) groups excluding carboxylic acids is 1. The molecular formula is C24H23N3O2S. The molecule has 30 heavy (non-hydrogen) atoms. The van der Waals surface area contributed by atoms with Gasteiger partial charge in [-0.05, 0) is 31.0 Å². The van der Waals surface area contributed by atoms with Gasteiger partial charge in [-0.25, -0.2) is 4.98 Å². The number of amides is 1. The lowest BCUT2D eigenvalue weighted by atomic mass is 10.2. The van der Waals surface area contributed by atoms with Crippen molar-refractivity contribution in [2.45, 2.75) is 33.0 Å². The largest absolute Gasteiger partial charge is 0.334 e. The van der Waals surface area contributed by atoms with Crippen LogP contribution in [0.2, 0.25) is 0 Å². The van der Waals surface area contributed by atoms with E-state index >= 15 is 0 Å². The summed E-state index contributed by atoms with van der Waals surface area (Å²) in [4.78, 5) is 33.9. The van der Waals surface area contributed by atoms with Crippen LogP contribution in [0.4, 0.5) is 0 Å². The summed E-state index contributed by atoms with van der Waals surface area (Å²) < 4.78 is 1.41. The minimum atomic E-state index is -0.185. The third kappa shape index (κ3) is 4.19. The van der Waals surface area contributed by atoms with Crippen LogP contribution in [0.1, 0.15) is 19.4 Å². The maximum absolute atomic E-state index is 13.0. The molecule has 0 radical (unpaired) electrons. The minimum Gasteiger partial charge on any atom is -0.334 e. The van der Waals surface area contributed by atoms with Gasteiger partial charge in [0.05, 0.1) is 11.7 Å². The molecule has 0 aliphatic carbocycles. The molecule has 4 rings (SSSR count). The monoisotopic (exact) mass is 417 g/mol. The first-order valence-electron chi connectivity index (χ1n) is 9.90. The van der Waals surface area contributed by atoms with Crippen molar-refractivity contribution in [3.8, 4) is 10.4 Å². The summed E-state index contributed by atoms with van der Waals surface area (Å²) in [6.45, 7) is 4.45. The molecular weight excluding hydrogens is 394 g/mol. The van der Waals surface area contributed by atoms with Crippen LogP contribution in [0, 0.1) is 0 Å². The van der Waals surface area contributed by atoms with E-state index in [9.17, 15) is 9.59 Å². The summed E-state index contributed by atoms with van der Waals surface area (Å²) in [5.41, 5.74) is 1.93. The molecule has 4 aromatic rings. The standard InChI is InChI=1S/C24H23N3O2S/c1-17(2)27(14-18-9-5-3-6-10-18)22(28)15-26-16-25-23-20(24(26)29)13-21(30-23)19-11-7-4-8-12-19/h3-13,16-17H,14-15H2,1-2H3. The zero-order chi connectivity index (χ0) is 21.1. The van der Waals surface area contributed by atoms with Crippen molar-refractivity contribution in [2.75, 3.05) is 0 Å². The van der Waals surface area contributed by atoms with Gasteiger partial charge in [0, 0.05) is 17.5 Å².